The first-order chi connectivity index (χ1) is 24.4. The fraction of sp³-hybridized carbons (Fsp3) is 0.550. The van der Waals surface area contributed by atoms with E-state index in [1.165, 1.54) is 65.1 Å². The number of hydrogen-bond donors (Lipinski definition) is 0. The number of halogens is 5. The summed E-state index contributed by atoms with van der Waals surface area (Å²) < 4.78 is 80.4. The standard InChI is InChI=1S/C25H25F3N4O3.C6H10F2.C5H12.C4H10/c1-14(2)16-7-8-17(18(9-16)10-25(26,27)28)12-35-23-19(33-3)11-29-22(32-23)20-21(15-5-6-15)30-13-31-24(20)34-4;1-4-5(2)6(3,7)8;1-4-5(2)3;1-3-4-2/h7-9,11,13,15H,1,5-6,10,12H2,2-4H3;4H,1-3H3;5H,4H2,1-3H3;3-4H2,1-2H3/b;5-4+;;. The first-order valence-corrected chi connectivity index (χ1v) is 17.7. The van der Waals surface area contributed by atoms with Gasteiger partial charge in [0, 0.05) is 12.8 Å². The van der Waals surface area contributed by atoms with Gasteiger partial charge in [-0.3, -0.25) is 0 Å². The lowest BCUT2D eigenvalue weighted by Gasteiger charge is -2.16. The van der Waals surface area contributed by atoms with Crippen LogP contribution in [-0.4, -0.2) is 46.3 Å². The Morgan fingerprint density at radius 2 is 1.56 bits per heavy atom. The zero-order chi connectivity index (χ0) is 39.6. The van der Waals surface area contributed by atoms with Crippen LogP contribution in [-0.2, 0) is 13.0 Å². The molecule has 2 heterocycles. The van der Waals surface area contributed by atoms with Gasteiger partial charge in [-0.1, -0.05) is 90.3 Å². The normalized spacial score (nSPS) is 12.8. The van der Waals surface area contributed by atoms with E-state index < -0.39 is 18.5 Å². The molecule has 12 heteroatoms. The summed E-state index contributed by atoms with van der Waals surface area (Å²) in [6, 6.07) is 4.82. The van der Waals surface area contributed by atoms with E-state index in [1.54, 1.807) is 26.0 Å². The molecule has 1 fully saturated rings. The Morgan fingerprint density at radius 1 is 0.942 bits per heavy atom. The molecule has 0 spiro atoms. The van der Waals surface area contributed by atoms with Gasteiger partial charge in [0.25, 0.3) is 11.8 Å². The third-order valence-electron chi connectivity index (χ3n) is 8.06. The van der Waals surface area contributed by atoms with Crippen LogP contribution in [0.5, 0.6) is 17.5 Å². The molecule has 4 rings (SSSR count). The molecule has 1 saturated carbocycles. The van der Waals surface area contributed by atoms with Crippen LogP contribution in [0, 0.1) is 5.92 Å². The van der Waals surface area contributed by atoms with Crippen LogP contribution < -0.4 is 14.2 Å². The third kappa shape index (κ3) is 16.1. The number of unbranched alkanes of at least 4 members (excludes halogenated alkanes) is 1. The highest BCUT2D eigenvalue weighted by atomic mass is 19.4. The summed E-state index contributed by atoms with van der Waals surface area (Å²) in [7, 11) is 2.93. The average molecular weight is 737 g/mol. The first kappa shape index (κ1) is 45.9. The number of methoxy groups -OCH3 is 2. The molecule has 0 aliphatic heterocycles. The van der Waals surface area contributed by atoms with Gasteiger partial charge < -0.3 is 14.2 Å². The zero-order valence-corrected chi connectivity index (χ0v) is 32.7. The molecule has 0 unspecified atom stereocenters. The van der Waals surface area contributed by atoms with Gasteiger partial charge in [0.2, 0.25) is 5.88 Å². The van der Waals surface area contributed by atoms with E-state index in [2.05, 4.69) is 61.1 Å². The molecule has 7 nitrogen and oxygen atoms in total. The molecule has 1 aliphatic carbocycles. The molecule has 2 aromatic heterocycles. The second kappa shape index (κ2) is 22.1. The summed E-state index contributed by atoms with van der Waals surface area (Å²) in [6.07, 6.45) is 4.78. The van der Waals surface area contributed by atoms with E-state index in [-0.39, 0.29) is 41.1 Å². The molecule has 0 atom stereocenters. The summed E-state index contributed by atoms with van der Waals surface area (Å²) in [5.41, 5.74) is 3.28. The second-order valence-corrected chi connectivity index (χ2v) is 13.0. The molecular weight excluding hydrogens is 679 g/mol. The van der Waals surface area contributed by atoms with Gasteiger partial charge >= 0.3 is 6.18 Å². The van der Waals surface area contributed by atoms with Crippen molar-refractivity contribution in [2.24, 2.45) is 5.92 Å². The van der Waals surface area contributed by atoms with Gasteiger partial charge in [-0.15, -0.1) is 0 Å². The van der Waals surface area contributed by atoms with Crippen molar-refractivity contribution in [1.82, 2.24) is 19.9 Å². The van der Waals surface area contributed by atoms with Crippen LogP contribution in [0.4, 0.5) is 22.0 Å². The highest BCUT2D eigenvalue weighted by Gasteiger charge is 2.32. The van der Waals surface area contributed by atoms with E-state index in [0.717, 1.165) is 31.4 Å². The van der Waals surface area contributed by atoms with E-state index in [0.29, 0.717) is 28.1 Å². The lowest BCUT2D eigenvalue weighted by atomic mass is 9.98. The van der Waals surface area contributed by atoms with E-state index in [9.17, 15) is 22.0 Å². The monoisotopic (exact) mass is 736 g/mol. The number of benzene rings is 1. The third-order valence-corrected chi connectivity index (χ3v) is 8.06. The molecule has 1 aromatic carbocycles. The van der Waals surface area contributed by atoms with Gasteiger partial charge in [-0.05, 0) is 61.8 Å². The lowest BCUT2D eigenvalue weighted by molar-refractivity contribution is -0.127. The van der Waals surface area contributed by atoms with Crippen LogP contribution >= 0.6 is 0 Å². The van der Waals surface area contributed by atoms with Crippen molar-refractivity contribution < 1.29 is 36.2 Å². The maximum atomic E-state index is 13.2. The van der Waals surface area contributed by atoms with Crippen LogP contribution in [0.25, 0.3) is 17.0 Å². The summed E-state index contributed by atoms with van der Waals surface area (Å²) >= 11 is 0. The molecular formula is C40H57F5N4O3. The van der Waals surface area contributed by atoms with Crippen LogP contribution in [0.2, 0.25) is 0 Å². The SMILES string of the molecule is C/C=C(\C)C(C)(F)F.C=C(C)c1ccc(COc2nc(-c3c(OC)ncnc3C3CC3)ncc2OC)c(CC(F)(F)F)c1.CCC(C)C.CCCC. The predicted molar refractivity (Wildman–Crippen MR) is 199 cm³/mol. The molecule has 0 bridgehead atoms. The topological polar surface area (TPSA) is 79.3 Å². The Balaban J connectivity index is 0.000000661. The number of rotatable bonds is 12. The van der Waals surface area contributed by atoms with E-state index in [4.69, 9.17) is 14.2 Å². The molecule has 290 valence electrons. The molecule has 1 aliphatic rings. The number of allylic oxidation sites excluding steroid dienone is 3. The molecule has 0 saturated heterocycles. The molecule has 0 radical (unpaired) electrons. The van der Waals surface area contributed by atoms with Crippen LogP contribution in [0.3, 0.4) is 0 Å². The Kier molecular flexibility index (Phi) is 19.5. The summed E-state index contributed by atoms with van der Waals surface area (Å²) in [6.45, 7) is 20.3. The van der Waals surface area contributed by atoms with Gasteiger partial charge in [0.15, 0.2) is 11.6 Å². The molecule has 0 N–H and O–H groups in total. The Morgan fingerprint density at radius 3 is 1.98 bits per heavy atom. The number of aromatic nitrogens is 4. The number of alkyl halides is 5. The highest BCUT2D eigenvalue weighted by Crippen LogP contribution is 2.45. The van der Waals surface area contributed by atoms with Crippen molar-refractivity contribution in [3.05, 3.63) is 71.3 Å². The van der Waals surface area contributed by atoms with Gasteiger partial charge in [-0.25, -0.2) is 23.7 Å². The molecule has 52 heavy (non-hydrogen) atoms. The summed E-state index contributed by atoms with van der Waals surface area (Å²) in [4.78, 5) is 17.5. The van der Waals surface area contributed by atoms with Crippen molar-refractivity contribution in [3.8, 4) is 28.9 Å². The van der Waals surface area contributed by atoms with Crippen molar-refractivity contribution in [1.29, 1.82) is 0 Å². The van der Waals surface area contributed by atoms with Crippen LogP contribution in [0.15, 0.2) is 49.0 Å². The Bertz CT molecular complexity index is 1560. The average Bonchev–Trinajstić information content (AvgIpc) is 3.95. The predicted octanol–water partition coefficient (Wildman–Crippen LogP) is 12.0. The zero-order valence-electron chi connectivity index (χ0n) is 32.7. The van der Waals surface area contributed by atoms with Gasteiger partial charge in [-0.2, -0.15) is 18.2 Å². The minimum absolute atomic E-state index is 0.0899. The Hall–Kier alpha value is -4.09. The minimum atomic E-state index is -4.37. The van der Waals surface area contributed by atoms with E-state index in [1.807, 2.05) is 0 Å². The maximum Gasteiger partial charge on any atom is 0.393 e. The van der Waals surface area contributed by atoms with Gasteiger partial charge in [0.1, 0.15) is 18.5 Å². The minimum Gasteiger partial charge on any atom is -0.490 e. The molecule has 3 aromatic rings. The lowest BCUT2D eigenvalue weighted by Crippen LogP contribution is -2.14. The van der Waals surface area contributed by atoms with Crippen molar-refractivity contribution in [3.63, 3.8) is 0 Å². The second-order valence-electron chi connectivity index (χ2n) is 13.0. The first-order valence-electron chi connectivity index (χ1n) is 17.7. The largest absolute Gasteiger partial charge is 0.490 e. The number of hydrogen-bond acceptors (Lipinski definition) is 7. The van der Waals surface area contributed by atoms with Crippen LogP contribution in [0.1, 0.15) is 123 Å². The number of ether oxygens (including phenoxy) is 3. The quantitative estimate of drug-likeness (QED) is 0.135. The summed E-state index contributed by atoms with van der Waals surface area (Å²) in [5, 5.41) is 0. The maximum absolute atomic E-state index is 13.2. The van der Waals surface area contributed by atoms with Crippen molar-refractivity contribution in [2.75, 3.05) is 14.2 Å². The van der Waals surface area contributed by atoms with Crippen molar-refractivity contribution in [2.45, 2.75) is 125 Å². The smallest absolute Gasteiger partial charge is 0.393 e. The fourth-order valence-electron chi connectivity index (χ4n) is 3.94. The number of nitrogens with zero attached hydrogens (tertiary/aromatic N) is 4. The van der Waals surface area contributed by atoms with E-state index >= 15 is 0 Å². The Labute approximate surface area is 307 Å². The fourth-order valence-corrected chi connectivity index (χ4v) is 3.94. The van der Waals surface area contributed by atoms with Gasteiger partial charge in [0.05, 0.1) is 32.5 Å². The van der Waals surface area contributed by atoms with Crippen molar-refractivity contribution >= 4 is 5.57 Å². The molecule has 0 amide bonds. The highest BCUT2D eigenvalue weighted by molar-refractivity contribution is 5.66. The summed E-state index contributed by atoms with van der Waals surface area (Å²) in [5.74, 6) is -0.521.